The minimum Gasteiger partial charge on any atom is -0.378 e. The lowest BCUT2D eigenvalue weighted by Crippen LogP contribution is -2.36. The highest BCUT2D eigenvalue weighted by molar-refractivity contribution is 9.10. The summed E-state index contributed by atoms with van der Waals surface area (Å²) in [5.74, 6) is 0. The molecule has 94 valence electrons. The second-order valence-corrected chi connectivity index (χ2v) is 4.62. The maximum atomic E-state index is 12.6. The smallest absolute Gasteiger partial charge is 0.378 e. The Hall–Kier alpha value is -0.750. The minimum absolute atomic E-state index is 0.0778. The van der Waals surface area contributed by atoms with Gasteiger partial charge in [0.15, 0.2) is 0 Å². The molecule has 0 unspecified atom stereocenters. The third kappa shape index (κ3) is 2.93. The average Bonchev–Trinajstić information content (AvgIpc) is 2.28. The van der Waals surface area contributed by atoms with Crippen molar-refractivity contribution < 1.29 is 17.9 Å². The molecule has 0 bridgehead atoms. The van der Waals surface area contributed by atoms with Crippen LogP contribution in [0.4, 0.5) is 18.9 Å². The minimum atomic E-state index is -4.32. The predicted octanol–water partition coefficient (Wildman–Crippen LogP) is 3.30. The van der Waals surface area contributed by atoms with Crippen LogP contribution in [0.15, 0.2) is 22.7 Å². The van der Waals surface area contributed by atoms with Gasteiger partial charge in [0.2, 0.25) is 0 Å². The number of anilines is 1. The van der Waals surface area contributed by atoms with Crippen LogP contribution >= 0.6 is 15.9 Å². The lowest BCUT2D eigenvalue weighted by atomic mass is 10.2. The summed E-state index contributed by atoms with van der Waals surface area (Å²) in [5.41, 5.74) is 0.141. The van der Waals surface area contributed by atoms with Gasteiger partial charge in [-0.1, -0.05) is 15.9 Å². The number of hydrogen-bond acceptors (Lipinski definition) is 2. The lowest BCUT2D eigenvalue weighted by Gasteiger charge is -2.29. The molecule has 2 rings (SSSR count). The number of ether oxygens (including phenoxy) is 1. The molecule has 1 aliphatic rings. The Balaban J connectivity index is 2.24. The molecule has 2 nitrogen and oxygen atoms in total. The molecule has 0 atom stereocenters. The van der Waals surface area contributed by atoms with Gasteiger partial charge in [-0.3, -0.25) is 0 Å². The standard InChI is InChI=1S/C11H11BrF3NO/c12-10-7-8(16-3-5-17-6-4-16)1-2-9(10)11(13,14)15/h1-2,7H,3-6H2. The van der Waals surface area contributed by atoms with Crippen LogP contribution in [0.3, 0.4) is 0 Å². The van der Waals surface area contributed by atoms with Gasteiger partial charge in [-0.25, -0.2) is 0 Å². The first kappa shape index (κ1) is 12.7. The number of hydrogen-bond donors (Lipinski definition) is 0. The van der Waals surface area contributed by atoms with E-state index in [9.17, 15) is 13.2 Å². The molecule has 0 saturated carbocycles. The van der Waals surface area contributed by atoms with Gasteiger partial charge in [0.1, 0.15) is 0 Å². The largest absolute Gasteiger partial charge is 0.417 e. The van der Waals surface area contributed by atoms with Crippen molar-refractivity contribution in [3.8, 4) is 0 Å². The molecule has 17 heavy (non-hydrogen) atoms. The fraction of sp³-hybridized carbons (Fsp3) is 0.455. The zero-order valence-corrected chi connectivity index (χ0v) is 10.5. The molecule has 1 heterocycles. The van der Waals surface area contributed by atoms with E-state index in [-0.39, 0.29) is 4.47 Å². The Morgan fingerprint density at radius 2 is 1.82 bits per heavy atom. The molecule has 1 aromatic rings. The number of halogens is 4. The Kier molecular flexibility index (Phi) is 3.63. The number of rotatable bonds is 1. The van der Waals surface area contributed by atoms with Gasteiger partial charge >= 0.3 is 6.18 Å². The van der Waals surface area contributed by atoms with Gasteiger partial charge in [0.05, 0.1) is 18.8 Å². The summed E-state index contributed by atoms with van der Waals surface area (Å²) in [6, 6.07) is 4.11. The van der Waals surface area contributed by atoms with Crippen LogP contribution < -0.4 is 4.90 Å². The summed E-state index contributed by atoms with van der Waals surface area (Å²) < 4.78 is 43.0. The summed E-state index contributed by atoms with van der Waals surface area (Å²) in [7, 11) is 0. The predicted molar refractivity (Wildman–Crippen MR) is 62.2 cm³/mol. The lowest BCUT2D eigenvalue weighted by molar-refractivity contribution is -0.138. The SMILES string of the molecule is FC(F)(F)c1ccc(N2CCOCC2)cc1Br. The average molecular weight is 310 g/mol. The Morgan fingerprint density at radius 1 is 1.18 bits per heavy atom. The summed E-state index contributed by atoms with van der Waals surface area (Å²) in [6.45, 7) is 2.63. The molecular weight excluding hydrogens is 299 g/mol. The molecule has 0 radical (unpaired) electrons. The van der Waals surface area contributed by atoms with Crippen molar-refractivity contribution in [3.05, 3.63) is 28.2 Å². The third-order valence-corrected chi connectivity index (χ3v) is 3.29. The molecule has 0 amide bonds. The van der Waals surface area contributed by atoms with E-state index < -0.39 is 11.7 Å². The van der Waals surface area contributed by atoms with Crippen molar-refractivity contribution in [1.29, 1.82) is 0 Å². The van der Waals surface area contributed by atoms with Gasteiger partial charge in [0, 0.05) is 23.2 Å². The Labute approximate surface area is 105 Å². The summed E-state index contributed by atoms with van der Waals surface area (Å²) >= 11 is 2.97. The van der Waals surface area contributed by atoms with Crippen LogP contribution in [-0.2, 0) is 10.9 Å². The molecule has 0 N–H and O–H groups in total. The second-order valence-electron chi connectivity index (χ2n) is 3.76. The molecule has 0 aromatic heterocycles. The van der Waals surface area contributed by atoms with Crippen molar-refractivity contribution in [2.24, 2.45) is 0 Å². The normalized spacial score (nSPS) is 17.3. The summed E-state index contributed by atoms with van der Waals surface area (Å²) in [5, 5.41) is 0. The quantitative estimate of drug-likeness (QED) is 0.789. The van der Waals surface area contributed by atoms with Gasteiger partial charge in [-0.2, -0.15) is 13.2 Å². The number of nitrogens with zero attached hydrogens (tertiary/aromatic N) is 1. The summed E-state index contributed by atoms with van der Waals surface area (Å²) in [6.07, 6.45) is -4.32. The first-order valence-electron chi connectivity index (χ1n) is 5.18. The van der Waals surface area contributed by atoms with Crippen LogP contribution in [0.25, 0.3) is 0 Å². The fourth-order valence-corrected chi connectivity index (χ4v) is 2.34. The zero-order valence-electron chi connectivity index (χ0n) is 8.93. The van der Waals surface area contributed by atoms with Crippen LogP contribution in [0.1, 0.15) is 5.56 Å². The van der Waals surface area contributed by atoms with Crippen molar-refractivity contribution >= 4 is 21.6 Å². The third-order valence-electron chi connectivity index (χ3n) is 2.63. The van der Waals surface area contributed by atoms with Crippen molar-refractivity contribution in [1.82, 2.24) is 0 Å². The molecule has 0 spiro atoms. The first-order valence-corrected chi connectivity index (χ1v) is 5.97. The van der Waals surface area contributed by atoms with Gasteiger partial charge in [0.25, 0.3) is 0 Å². The molecule has 0 aliphatic carbocycles. The van der Waals surface area contributed by atoms with Crippen LogP contribution in [0.2, 0.25) is 0 Å². The summed E-state index contributed by atoms with van der Waals surface area (Å²) in [4.78, 5) is 2.01. The highest BCUT2D eigenvalue weighted by Gasteiger charge is 2.33. The van der Waals surface area contributed by atoms with Crippen LogP contribution in [-0.4, -0.2) is 26.3 Å². The molecule has 1 aliphatic heterocycles. The highest BCUT2D eigenvalue weighted by Crippen LogP contribution is 2.36. The molecule has 1 aromatic carbocycles. The van der Waals surface area contributed by atoms with E-state index in [2.05, 4.69) is 15.9 Å². The zero-order chi connectivity index (χ0) is 12.5. The molecule has 6 heteroatoms. The van der Waals surface area contributed by atoms with Crippen LogP contribution in [0.5, 0.6) is 0 Å². The van der Waals surface area contributed by atoms with E-state index >= 15 is 0 Å². The first-order chi connectivity index (χ1) is 7.98. The Bertz CT molecular complexity index is 402. The van der Waals surface area contributed by atoms with E-state index in [0.29, 0.717) is 26.3 Å². The fourth-order valence-electron chi connectivity index (χ4n) is 1.75. The van der Waals surface area contributed by atoms with Crippen molar-refractivity contribution in [2.45, 2.75) is 6.18 Å². The van der Waals surface area contributed by atoms with E-state index in [1.165, 1.54) is 12.1 Å². The highest BCUT2D eigenvalue weighted by atomic mass is 79.9. The molecular formula is C11H11BrF3NO. The van der Waals surface area contributed by atoms with Crippen molar-refractivity contribution in [3.63, 3.8) is 0 Å². The maximum Gasteiger partial charge on any atom is 0.417 e. The van der Waals surface area contributed by atoms with Gasteiger partial charge in [-0.15, -0.1) is 0 Å². The topological polar surface area (TPSA) is 12.5 Å². The van der Waals surface area contributed by atoms with Gasteiger partial charge in [-0.05, 0) is 18.2 Å². The molecule has 1 fully saturated rings. The molecule has 1 saturated heterocycles. The second kappa shape index (κ2) is 4.86. The van der Waals surface area contributed by atoms with Crippen LogP contribution in [0, 0.1) is 0 Å². The van der Waals surface area contributed by atoms with Gasteiger partial charge < -0.3 is 9.64 Å². The van der Waals surface area contributed by atoms with E-state index in [4.69, 9.17) is 4.74 Å². The van der Waals surface area contributed by atoms with E-state index in [1.807, 2.05) is 4.90 Å². The monoisotopic (exact) mass is 309 g/mol. The maximum absolute atomic E-state index is 12.6. The number of morpholine rings is 1. The van der Waals surface area contributed by atoms with Crippen molar-refractivity contribution in [2.75, 3.05) is 31.2 Å². The Morgan fingerprint density at radius 3 is 2.35 bits per heavy atom. The number of alkyl halides is 3. The van der Waals surface area contributed by atoms with E-state index in [1.54, 1.807) is 0 Å². The van der Waals surface area contributed by atoms with E-state index in [0.717, 1.165) is 11.8 Å². The number of benzene rings is 1.